The van der Waals surface area contributed by atoms with Gasteiger partial charge in [-0.05, 0) is 23.6 Å². The molecule has 0 atom stereocenters. The Morgan fingerprint density at radius 3 is 2.77 bits per heavy atom. The second-order valence-electron chi connectivity index (χ2n) is 4.23. The Morgan fingerprint density at radius 2 is 2.05 bits per heavy atom. The summed E-state index contributed by atoms with van der Waals surface area (Å²) in [6.07, 6.45) is 1.36. The molecule has 1 aromatic heterocycles. The van der Waals surface area contributed by atoms with Crippen LogP contribution in [0.1, 0.15) is 10.4 Å². The van der Waals surface area contributed by atoms with Crippen LogP contribution in [0.3, 0.4) is 0 Å². The van der Waals surface area contributed by atoms with Gasteiger partial charge in [0, 0.05) is 5.56 Å². The molecule has 0 spiro atoms. The van der Waals surface area contributed by atoms with E-state index >= 15 is 0 Å². The first-order valence-electron chi connectivity index (χ1n) is 6.24. The number of rotatable bonds is 4. The quantitative estimate of drug-likeness (QED) is 0.637. The van der Waals surface area contributed by atoms with Crippen LogP contribution in [0.15, 0.2) is 52.5 Å². The fourth-order valence-corrected chi connectivity index (χ4v) is 2.51. The van der Waals surface area contributed by atoms with E-state index in [4.69, 9.17) is 4.74 Å². The highest BCUT2D eigenvalue weighted by atomic mass is 32.1. The molecule has 2 aromatic rings. The van der Waals surface area contributed by atoms with E-state index in [2.05, 4.69) is 9.73 Å². The van der Waals surface area contributed by atoms with Crippen molar-refractivity contribution in [1.29, 1.82) is 0 Å². The van der Waals surface area contributed by atoms with Gasteiger partial charge in [0.15, 0.2) is 5.70 Å². The molecule has 1 aliphatic rings. The van der Waals surface area contributed by atoms with Crippen LogP contribution in [0.2, 0.25) is 0 Å². The van der Waals surface area contributed by atoms with Crippen molar-refractivity contribution in [2.45, 2.75) is 6.61 Å². The number of alkyl halides is 2. The Kier molecular flexibility index (Phi) is 3.97. The highest BCUT2D eigenvalue weighted by Crippen LogP contribution is 2.26. The number of para-hydroxylation sites is 1. The van der Waals surface area contributed by atoms with Gasteiger partial charge in [0.05, 0.1) is 4.88 Å². The number of cyclic esters (lactones) is 1. The molecule has 0 N–H and O–H groups in total. The molecule has 0 amide bonds. The van der Waals surface area contributed by atoms with E-state index in [1.165, 1.54) is 23.5 Å². The Balaban J connectivity index is 1.94. The van der Waals surface area contributed by atoms with Crippen LogP contribution in [-0.4, -0.2) is 18.5 Å². The molecule has 0 saturated heterocycles. The molecule has 1 aromatic carbocycles. The molecular formula is C15H9F2NO3S. The summed E-state index contributed by atoms with van der Waals surface area (Å²) >= 11 is 1.38. The molecule has 2 heterocycles. The van der Waals surface area contributed by atoms with Gasteiger partial charge in [-0.25, -0.2) is 9.79 Å². The standard InChI is InChI=1S/C15H9F2NO3S/c16-15(17)20-11-5-2-1-4-9(11)8-10-14(19)21-13(18-10)12-6-3-7-22-12/h1-8,15H/b10-8-. The van der Waals surface area contributed by atoms with Gasteiger partial charge < -0.3 is 9.47 Å². The van der Waals surface area contributed by atoms with Crippen LogP contribution in [0.4, 0.5) is 8.78 Å². The molecule has 4 nitrogen and oxygen atoms in total. The van der Waals surface area contributed by atoms with E-state index in [0.717, 1.165) is 0 Å². The third-order valence-electron chi connectivity index (χ3n) is 2.78. The molecule has 0 unspecified atom stereocenters. The van der Waals surface area contributed by atoms with Gasteiger partial charge in [-0.2, -0.15) is 8.78 Å². The number of aliphatic imine (C=N–C) groups is 1. The lowest BCUT2D eigenvalue weighted by Gasteiger charge is -2.07. The van der Waals surface area contributed by atoms with Crippen LogP contribution in [0.25, 0.3) is 6.08 Å². The number of benzene rings is 1. The minimum atomic E-state index is -2.94. The molecular weight excluding hydrogens is 312 g/mol. The van der Waals surface area contributed by atoms with E-state index in [0.29, 0.717) is 10.4 Å². The number of ether oxygens (including phenoxy) is 2. The molecule has 0 aliphatic carbocycles. The first-order chi connectivity index (χ1) is 10.6. The lowest BCUT2D eigenvalue weighted by atomic mass is 10.1. The maximum atomic E-state index is 12.4. The van der Waals surface area contributed by atoms with E-state index < -0.39 is 12.6 Å². The Bertz CT molecular complexity index is 754. The first-order valence-corrected chi connectivity index (χ1v) is 7.12. The summed E-state index contributed by atoms with van der Waals surface area (Å²) in [5.41, 5.74) is 0.361. The highest BCUT2D eigenvalue weighted by Gasteiger charge is 2.25. The van der Waals surface area contributed by atoms with Crippen molar-refractivity contribution in [3.05, 3.63) is 57.9 Å². The molecule has 0 fully saturated rings. The first kappa shape index (κ1) is 14.4. The molecule has 7 heteroatoms. The average molecular weight is 321 g/mol. The van der Waals surface area contributed by atoms with Crippen LogP contribution >= 0.6 is 11.3 Å². The zero-order valence-electron chi connectivity index (χ0n) is 11.0. The third-order valence-corrected chi connectivity index (χ3v) is 3.64. The molecule has 3 rings (SSSR count). The van der Waals surface area contributed by atoms with Crippen LogP contribution in [0.5, 0.6) is 5.75 Å². The zero-order chi connectivity index (χ0) is 15.5. The lowest BCUT2D eigenvalue weighted by molar-refractivity contribution is -0.129. The van der Waals surface area contributed by atoms with Crippen molar-refractivity contribution in [3.8, 4) is 5.75 Å². The molecule has 0 radical (unpaired) electrons. The smallest absolute Gasteiger partial charge is 0.387 e. The van der Waals surface area contributed by atoms with Crippen molar-refractivity contribution in [2.24, 2.45) is 4.99 Å². The summed E-state index contributed by atoms with van der Waals surface area (Å²) in [4.78, 5) is 16.6. The topological polar surface area (TPSA) is 47.9 Å². The maximum Gasteiger partial charge on any atom is 0.387 e. The number of carbonyl (C=O) groups excluding carboxylic acids is 1. The molecule has 112 valence electrons. The number of esters is 1. The van der Waals surface area contributed by atoms with Gasteiger partial charge in [-0.3, -0.25) is 0 Å². The number of hydrogen-bond donors (Lipinski definition) is 0. The summed E-state index contributed by atoms with van der Waals surface area (Å²) in [6, 6.07) is 9.73. The van der Waals surface area contributed by atoms with Crippen molar-refractivity contribution >= 4 is 29.3 Å². The van der Waals surface area contributed by atoms with Crippen LogP contribution < -0.4 is 4.74 Å². The number of thiophene rings is 1. The van der Waals surface area contributed by atoms with Gasteiger partial charge in [0.25, 0.3) is 0 Å². The SMILES string of the molecule is O=C1OC(c2cccs2)=N/C1=C\c1ccccc1OC(F)F. The number of carbonyl (C=O) groups is 1. The van der Waals surface area contributed by atoms with Gasteiger partial charge in [-0.1, -0.05) is 24.3 Å². The number of nitrogens with zero attached hydrogens (tertiary/aromatic N) is 1. The summed E-state index contributed by atoms with van der Waals surface area (Å²) in [6.45, 7) is -2.94. The second-order valence-corrected chi connectivity index (χ2v) is 5.18. The fourth-order valence-electron chi connectivity index (χ4n) is 1.87. The average Bonchev–Trinajstić information content (AvgIpc) is 3.11. The predicted octanol–water partition coefficient (Wildman–Crippen LogP) is 3.69. The normalized spacial score (nSPS) is 16.0. The molecule has 0 saturated carbocycles. The van der Waals surface area contributed by atoms with Gasteiger partial charge >= 0.3 is 12.6 Å². The van der Waals surface area contributed by atoms with Crippen molar-refractivity contribution < 1.29 is 23.0 Å². The number of halogens is 2. The zero-order valence-corrected chi connectivity index (χ0v) is 11.8. The van der Waals surface area contributed by atoms with Crippen molar-refractivity contribution in [1.82, 2.24) is 0 Å². The van der Waals surface area contributed by atoms with Crippen LogP contribution in [0, 0.1) is 0 Å². The Hall–Kier alpha value is -2.54. The van der Waals surface area contributed by atoms with Crippen molar-refractivity contribution in [3.63, 3.8) is 0 Å². The van der Waals surface area contributed by atoms with E-state index in [1.807, 2.05) is 11.4 Å². The highest BCUT2D eigenvalue weighted by molar-refractivity contribution is 7.12. The lowest BCUT2D eigenvalue weighted by Crippen LogP contribution is -2.04. The van der Waals surface area contributed by atoms with Crippen molar-refractivity contribution in [2.75, 3.05) is 0 Å². The monoisotopic (exact) mass is 321 g/mol. The van der Waals surface area contributed by atoms with Gasteiger partial charge in [0.1, 0.15) is 5.75 Å². The Labute approximate surface area is 128 Å². The van der Waals surface area contributed by atoms with E-state index in [9.17, 15) is 13.6 Å². The van der Waals surface area contributed by atoms with Gasteiger partial charge in [0.2, 0.25) is 5.90 Å². The third kappa shape index (κ3) is 3.04. The molecule has 22 heavy (non-hydrogen) atoms. The summed E-state index contributed by atoms with van der Waals surface area (Å²) in [5.74, 6) is -0.452. The van der Waals surface area contributed by atoms with E-state index in [-0.39, 0.29) is 17.3 Å². The fraction of sp³-hybridized carbons (Fsp3) is 0.0667. The second kappa shape index (κ2) is 6.07. The summed E-state index contributed by atoms with van der Waals surface area (Å²) in [7, 11) is 0. The van der Waals surface area contributed by atoms with Crippen LogP contribution in [-0.2, 0) is 9.53 Å². The largest absolute Gasteiger partial charge is 0.434 e. The summed E-state index contributed by atoms with van der Waals surface area (Å²) < 4.78 is 34.2. The van der Waals surface area contributed by atoms with Gasteiger partial charge in [-0.15, -0.1) is 11.3 Å². The molecule has 0 bridgehead atoms. The minimum Gasteiger partial charge on any atom is -0.434 e. The Morgan fingerprint density at radius 1 is 1.23 bits per heavy atom. The van der Waals surface area contributed by atoms with E-state index in [1.54, 1.807) is 24.3 Å². The molecule has 1 aliphatic heterocycles. The number of hydrogen-bond acceptors (Lipinski definition) is 5. The maximum absolute atomic E-state index is 12.4. The minimum absolute atomic E-state index is 0.0300. The summed E-state index contributed by atoms with van der Waals surface area (Å²) in [5, 5.41) is 1.83. The predicted molar refractivity (Wildman–Crippen MR) is 78.0 cm³/mol.